The lowest BCUT2D eigenvalue weighted by Gasteiger charge is -2.49. The summed E-state index contributed by atoms with van der Waals surface area (Å²) in [5.74, 6) is 0.615. The van der Waals surface area contributed by atoms with Gasteiger partial charge in [-0.1, -0.05) is 26.0 Å². The largest absolute Gasteiger partial charge is 0.302 e. The van der Waals surface area contributed by atoms with E-state index in [1.165, 1.54) is 11.3 Å². The van der Waals surface area contributed by atoms with Crippen LogP contribution in [0.4, 0.5) is 5.13 Å². The molecule has 2 bridgehead atoms. The number of amides is 1. The molecule has 3 aliphatic heterocycles. The molecule has 2 aromatic rings. The zero-order valence-electron chi connectivity index (χ0n) is 15.6. The fourth-order valence-corrected chi connectivity index (χ4v) is 4.59. The van der Waals surface area contributed by atoms with Gasteiger partial charge in [-0.15, -0.1) is 16.4 Å². The van der Waals surface area contributed by atoms with Crippen LogP contribution in [0.3, 0.4) is 0 Å². The summed E-state index contributed by atoms with van der Waals surface area (Å²) in [4.78, 5) is 19.2. The van der Waals surface area contributed by atoms with E-state index in [1.54, 1.807) is 6.20 Å². The van der Waals surface area contributed by atoms with E-state index in [0.29, 0.717) is 17.1 Å². The number of hydrogen-bond donors (Lipinski definition) is 1. The van der Waals surface area contributed by atoms with E-state index < -0.39 is 0 Å². The van der Waals surface area contributed by atoms with Crippen LogP contribution in [0.1, 0.15) is 39.3 Å². The Hall–Kier alpha value is -1.80. The minimum atomic E-state index is 0.0170. The van der Waals surface area contributed by atoms with Crippen molar-refractivity contribution >= 4 is 22.4 Å². The number of hydrogen-bond acceptors (Lipinski definition) is 6. The molecule has 26 heavy (non-hydrogen) atoms. The molecule has 7 nitrogen and oxygen atoms in total. The number of piperidine rings is 3. The van der Waals surface area contributed by atoms with Crippen molar-refractivity contribution in [3.8, 4) is 0 Å². The number of rotatable bonds is 4. The molecule has 1 N–H and O–H groups in total. The summed E-state index contributed by atoms with van der Waals surface area (Å²) in [6.45, 7) is 9.20. The first-order valence-electron chi connectivity index (χ1n) is 9.25. The SMILES string of the molecule is CC(C)(C)c1cn(C[C@H]2CC3CCN2C[C@@H]3C(=O)Nc2nccs2)nn1. The van der Waals surface area contributed by atoms with E-state index in [1.807, 2.05) is 10.1 Å². The molecule has 0 spiro atoms. The van der Waals surface area contributed by atoms with Crippen molar-refractivity contribution in [1.29, 1.82) is 0 Å². The molecule has 8 heteroatoms. The molecule has 2 aromatic heterocycles. The van der Waals surface area contributed by atoms with Gasteiger partial charge in [0.2, 0.25) is 5.91 Å². The summed E-state index contributed by atoms with van der Waals surface area (Å²) in [6.07, 6.45) is 5.92. The predicted molar refractivity (Wildman–Crippen MR) is 101 cm³/mol. The van der Waals surface area contributed by atoms with Gasteiger partial charge < -0.3 is 5.32 Å². The van der Waals surface area contributed by atoms with E-state index in [-0.39, 0.29) is 17.2 Å². The topological polar surface area (TPSA) is 75.9 Å². The number of aromatic nitrogens is 4. The maximum atomic E-state index is 12.6. The lowest BCUT2D eigenvalue weighted by Crippen LogP contribution is -2.57. The third kappa shape index (κ3) is 3.53. The van der Waals surface area contributed by atoms with Crippen LogP contribution in [-0.2, 0) is 16.8 Å². The Labute approximate surface area is 157 Å². The van der Waals surface area contributed by atoms with Crippen LogP contribution >= 0.6 is 11.3 Å². The number of nitrogens with one attached hydrogen (secondary N) is 1. The molecule has 0 radical (unpaired) electrons. The molecule has 4 atom stereocenters. The number of fused-ring (bicyclic) bond motifs is 3. The normalized spacial score (nSPS) is 28.3. The Morgan fingerprint density at radius 1 is 1.42 bits per heavy atom. The molecule has 3 aliphatic rings. The van der Waals surface area contributed by atoms with Crippen LogP contribution in [-0.4, -0.2) is 49.9 Å². The third-order valence-electron chi connectivity index (χ3n) is 5.58. The molecule has 0 aliphatic carbocycles. The Kier molecular flexibility index (Phi) is 4.56. The first-order chi connectivity index (χ1) is 12.4. The monoisotopic (exact) mass is 374 g/mol. The Morgan fingerprint density at radius 2 is 2.27 bits per heavy atom. The number of thiazole rings is 1. The smallest absolute Gasteiger partial charge is 0.230 e. The molecule has 3 saturated heterocycles. The van der Waals surface area contributed by atoms with Crippen molar-refractivity contribution in [2.45, 2.75) is 51.6 Å². The second-order valence-corrected chi connectivity index (χ2v) is 9.34. The average molecular weight is 375 g/mol. The Morgan fingerprint density at radius 3 is 2.88 bits per heavy atom. The van der Waals surface area contributed by atoms with Gasteiger partial charge in [0, 0.05) is 35.8 Å². The summed E-state index contributed by atoms with van der Waals surface area (Å²) < 4.78 is 1.97. The van der Waals surface area contributed by atoms with Gasteiger partial charge in [-0.05, 0) is 25.3 Å². The maximum absolute atomic E-state index is 12.6. The van der Waals surface area contributed by atoms with Gasteiger partial charge in [0.25, 0.3) is 0 Å². The number of anilines is 1. The van der Waals surface area contributed by atoms with E-state index in [9.17, 15) is 4.79 Å². The summed E-state index contributed by atoms with van der Waals surface area (Å²) in [6, 6.07) is 0.437. The molecular formula is C18H26N6OS. The number of carbonyl (C=O) groups excluding carboxylic acids is 1. The molecule has 5 rings (SSSR count). The molecule has 140 valence electrons. The van der Waals surface area contributed by atoms with Crippen molar-refractivity contribution in [3.05, 3.63) is 23.5 Å². The lowest BCUT2D eigenvalue weighted by atomic mass is 9.75. The summed E-state index contributed by atoms with van der Waals surface area (Å²) >= 11 is 1.47. The van der Waals surface area contributed by atoms with Crippen molar-refractivity contribution < 1.29 is 4.79 Å². The first kappa shape index (κ1) is 17.6. The minimum absolute atomic E-state index is 0.0170. The van der Waals surface area contributed by atoms with E-state index in [2.05, 4.69) is 52.5 Å². The second kappa shape index (κ2) is 6.74. The van der Waals surface area contributed by atoms with E-state index in [4.69, 9.17) is 0 Å². The highest BCUT2D eigenvalue weighted by Gasteiger charge is 2.43. The number of nitrogens with zero attached hydrogens (tertiary/aromatic N) is 5. The van der Waals surface area contributed by atoms with Gasteiger partial charge in [-0.25, -0.2) is 4.98 Å². The molecule has 1 amide bonds. The van der Waals surface area contributed by atoms with Crippen LogP contribution in [0.2, 0.25) is 0 Å². The highest BCUT2D eigenvalue weighted by Crippen LogP contribution is 2.37. The summed E-state index contributed by atoms with van der Waals surface area (Å²) in [7, 11) is 0. The van der Waals surface area contributed by atoms with Gasteiger partial charge in [0.15, 0.2) is 5.13 Å². The third-order valence-corrected chi connectivity index (χ3v) is 6.27. The summed E-state index contributed by atoms with van der Waals surface area (Å²) in [5.41, 5.74) is 1.04. The average Bonchev–Trinajstić information content (AvgIpc) is 3.27. The maximum Gasteiger partial charge on any atom is 0.230 e. The van der Waals surface area contributed by atoms with Crippen molar-refractivity contribution in [3.63, 3.8) is 0 Å². The standard InChI is InChI=1S/C18H26N6OS/c1-18(2,3)15-11-24(22-21-15)9-13-8-12-4-6-23(13)10-14(12)16(25)20-17-19-5-7-26-17/h5,7,11-14H,4,6,8-10H2,1-3H3,(H,19,20,25)/t12?,13-,14+/m1/s1. The second-order valence-electron chi connectivity index (χ2n) is 8.44. The minimum Gasteiger partial charge on any atom is -0.302 e. The van der Waals surface area contributed by atoms with Gasteiger partial charge >= 0.3 is 0 Å². The predicted octanol–water partition coefficient (Wildman–Crippen LogP) is 2.38. The van der Waals surface area contributed by atoms with Crippen LogP contribution in [0.25, 0.3) is 0 Å². The quantitative estimate of drug-likeness (QED) is 0.889. The molecule has 2 unspecified atom stereocenters. The molecular weight excluding hydrogens is 348 g/mol. The van der Waals surface area contributed by atoms with Crippen molar-refractivity contribution in [2.24, 2.45) is 11.8 Å². The molecule has 3 fully saturated rings. The van der Waals surface area contributed by atoms with Gasteiger partial charge in [-0.3, -0.25) is 14.4 Å². The lowest BCUT2D eigenvalue weighted by molar-refractivity contribution is -0.127. The highest BCUT2D eigenvalue weighted by atomic mass is 32.1. The Bertz CT molecular complexity index is 765. The van der Waals surface area contributed by atoms with Gasteiger partial charge in [0.05, 0.1) is 18.2 Å². The Balaban J connectivity index is 1.39. The zero-order chi connectivity index (χ0) is 18.3. The van der Waals surface area contributed by atoms with E-state index in [0.717, 1.165) is 38.2 Å². The van der Waals surface area contributed by atoms with Crippen LogP contribution in [0.5, 0.6) is 0 Å². The fourth-order valence-electron chi connectivity index (χ4n) is 4.06. The van der Waals surface area contributed by atoms with Crippen LogP contribution in [0, 0.1) is 11.8 Å². The van der Waals surface area contributed by atoms with Gasteiger partial charge in [0.1, 0.15) is 0 Å². The van der Waals surface area contributed by atoms with Crippen molar-refractivity contribution in [1.82, 2.24) is 24.9 Å². The highest BCUT2D eigenvalue weighted by molar-refractivity contribution is 7.13. The van der Waals surface area contributed by atoms with Crippen LogP contribution < -0.4 is 5.32 Å². The van der Waals surface area contributed by atoms with E-state index >= 15 is 0 Å². The molecule has 0 saturated carbocycles. The zero-order valence-corrected chi connectivity index (χ0v) is 16.4. The fraction of sp³-hybridized carbons (Fsp3) is 0.667. The number of carbonyl (C=O) groups is 1. The first-order valence-corrected chi connectivity index (χ1v) is 10.1. The van der Waals surface area contributed by atoms with Crippen molar-refractivity contribution in [2.75, 3.05) is 18.4 Å². The van der Waals surface area contributed by atoms with Crippen LogP contribution in [0.15, 0.2) is 17.8 Å². The molecule has 0 aromatic carbocycles. The van der Waals surface area contributed by atoms with Gasteiger partial charge in [-0.2, -0.15) is 0 Å². The molecule has 5 heterocycles. The summed E-state index contributed by atoms with van der Waals surface area (Å²) in [5, 5.41) is 14.2.